The average Bonchev–Trinajstić information content (AvgIpc) is 2.85. The summed E-state index contributed by atoms with van der Waals surface area (Å²) in [5, 5.41) is 8.64. The van der Waals surface area contributed by atoms with E-state index in [0.29, 0.717) is 0 Å². The van der Waals surface area contributed by atoms with Gasteiger partial charge >= 0.3 is 12.0 Å². The number of anilines is 2. The third-order valence-electron chi connectivity index (χ3n) is 4.64. The number of nitrogens with zero attached hydrogens (tertiary/aromatic N) is 1. The zero-order valence-electron chi connectivity index (χ0n) is 16.5. The van der Waals surface area contributed by atoms with E-state index in [4.69, 9.17) is 10.8 Å². The van der Waals surface area contributed by atoms with E-state index in [0.717, 1.165) is 48.2 Å². The van der Waals surface area contributed by atoms with Crippen LogP contribution >= 0.6 is 0 Å². The summed E-state index contributed by atoms with van der Waals surface area (Å²) in [7, 11) is 0. The van der Waals surface area contributed by atoms with Gasteiger partial charge in [-0.15, -0.1) is 0 Å². The number of amides is 2. The quantitative estimate of drug-likeness (QED) is 0.700. The maximum Gasteiger partial charge on any atom is 0.323 e. The lowest BCUT2D eigenvalue weighted by atomic mass is 9.99. The van der Waals surface area contributed by atoms with E-state index in [1.165, 1.54) is 0 Å². The van der Waals surface area contributed by atoms with E-state index >= 15 is 0 Å². The van der Waals surface area contributed by atoms with Crippen molar-refractivity contribution in [3.8, 4) is 0 Å². The van der Waals surface area contributed by atoms with Crippen LogP contribution in [0.5, 0.6) is 0 Å². The normalized spacial score (nSPS) is 11.8. The molecule has 0 bridgehead atoms. The van der Waals surface area contributed by atoms with Gasteiger partial charge in [-0.2, -0.15) is 0 Å². The Morgan fingerprint density at radius 1 is 0.893 bits per heavy atom. The number of urea groups is 1. The van der Waals surface area contributed by atoms with Crippen LogP contribution in [0.4, 0.5) is 16.2 Å². The van der Waals surface area contributed by atoms with E-state index in [1.807, 2.05) is 74.5 Å². The number of aliphatic carboxylic acids is 1. The lowest BCUT2D eigenvalue weighted by Gasteiger charge is -2.22. The van der Waals surface area contributed by atoms with Gasteiger partial charge in [-0.05, 0) is 36.1 Å². The molecule has 0 fully saturated rings. The highest BCUT2D eigenvalue weighted by Gasteiger charge is 2.21. The molecule has 0 aliphatic carbocycles. The molecule has 148 valence electrons. The lowest BCUT2D eigenvalue weighted by Crippen LogP contribution is -2.32. The molecule has 5 nitrogen and oxygen atoms in total. The molecule has 0 saturated heterocycles. The smallest absolute Gasteiger partial charge is 0.323 e. The average molecular weight is 380 g/mol. The summed E-state index contributed by atoms with van der Waals surface area (Å²) < 4.78 is 0. The van der Waals surface area contributed by atoms with Gasteiger partial charge in [-0.1, -0.05) is 75.2 Å². The van der Waals surface area contributed by atoms with Crippen LogP contribution in [0.2, 0.25) is 0 Å². The molecule has 2 aromatic rings. The molecule has 0 atom stereocenters. The molecule has 2 aromatic carbocycles. The number of carbonyl (C=O) groups excluding carboxylic acids is 1. The minimum absolute atomic E-state index is 0.102. The Hall–Kier alpha value is -3.08. The summed E-state index contributed by atoms with van der Waals surface area (Å²) in [6, 6.07) is 14.9. The molecule has 5 heteroatoms. The van der Waals surface area contributed by atoms with Crippen LogP contribution in [0.15, 0.2) is 48.5 Å². The van der Waals surface area contributed by atoms with Crippen LogP contribution in [0.25, 0.3) is 12.2 Å². The molecule has 28 heavy (non-hydrogen) atoms. The van der Waals surface area contributed by atoms with Crippen molar-refractivity contribution < 1.29 is 14.7 Å². The van der Waals surface area contributed by atoms with Crippen molar-refractivity contribution in [2.45, 2.75) is 39.5 Å². The number of carboxylic acids is 1. The molecule has 1 aliphatic rings. The Morgan fingerprint density at radius 3 is 1.68 bits per heavy atom. The van der Waals surface area contributed by atoms with Crippen LogP contribution in [0.1, 0.15) is 50.7 Å². The van der Waals surface area contributed by atoms with Crippen molar-refractivity contribution in [2.75, 3.05) is 4.90 Å². The zero-order valence-corrected chi connectivity index (χ0v) is 16.5. The molecule has 3 rings (SSSR count). The van der Waals surface area contributed by atoms with Crippen molar-refractivity contribution >= 4 is 35.5 Å². The van der Waals surface area contributed by atoms with Crippen molar-refractivity contribution in [3.05, 3.63) is 59.7 Å². The maximum atomic E-state index is 11.8. The molecular weight excluding hydrogens is 352 g/mol. The highest BCUT2D eigenvalue weighted by molar-refractivity contribution is 6.04. The van der Waals surface area contributed by atoms with E-state index < -0.39 is 12.0 Å². The molecule has 2 amide bonds. The predicted molar refractivity (Wildman–Crippen MR) is 114 cm³/mol. The Balaban J connectivity index is 0.000000242. The fourth-order valence-electron chi connectivity index (χ4n) is 3.30. The molecule has 3 N–H and O–H groups in total. The third kappa shape index (κ3) is 5.22. The second-order valence-electron chi connectivity index (χ2n) is 6.74. The fraction of sp³-hybridized carbons (Fsp3) is 0.304. The standard InChI is InChI=1S/C15H12N2O.C8H16O2/c16-15(18)17-13-7-3-1-5-11(13)9-10-12-6-2-4-8-14(12)17;1-3-5-7(6-4-2)8(9)10/h1-10H,(H2,16,18);7H,3-6H2,1-2H3,(H,9,10). The largest absolute Gasteiger partial charge is 0.481 e. The molecular formula is C23H28N2O3. The van der Waals surface area contributed by atoms with Crippen molar-refractivity contribution in [2.24, 2.45) is 11.7 Å². The second-order valence-corrected chi connectivity index (χ2v) is 6.74. The fourth-order valence-corrected chi connectivity index (χ4v) is 3.30. The minimum atomic E-state index is -0.635. The Morgan fingerprint density at radius 2 is 1.32 bits per heavy atom. The number of carbonyl (C=O) groups is 2. The number of para-hydroxylation sites is 2. The number of hydrogen-bond acceptors (Lipinski definition) is 2. The van der Waals surface area contributed by atoms with Gasteiger partial charge < -0.3 is 10.8 Å². The van der Waals surface area contributed by atoms with Gasteiger partial charge in [-0.3, -0.25) is 9.69 Å². The summed E-state index contributed by atoms with van der Waals surface area (Å²) >= 11 is 0. The summed E-state index contributed by atoms with van der Waals surface area (Å²) in [6.07, 6.45) is 7.58. The number of hydrogen-bond donors (Lipinski definition) is 2. The Bertz CT molecular complexity index is 790. The van der Waals surface area contributed by atoms with Crippen LogP contribution in [-0.2, 0) is 4.79 Å². The highest BCUT2D eigenvalue weighted by Crippen LogP contribution is 2.35. The van der Waals surface area contributed by atoms with Gasteiger partial charge in [0.2, 0.25) is 0 Å². The first kappa shape index (κ1) is 21.2. The zero-order chi connectivity index (χ0) is 20.5. The Kier molecular flexibility index (Phi) is 7.81. The summed E-state index contributed by atoms with van der Waals surface area (Å²) in [5.41, 5.74) is 9.11. The number of rotatable bonds is 5. The number of carboxylic acid groups (broad SMARTS) is 1. The van der Waals surface area contributed by atoms with Crippen LogP contribution in [-0.4, -0.2) is 17.1 Å². The van der Waals surface area contributed by atoms with E-state index in [-0.39, 0.29) is 5.92 Å². The highest BCUT2D eigenvalue weighted by atomic mass is 16.4. The third-order valence-corrected chi connectivity index (χ3v) is 4.64. The molecule has 0 aromatic heterocycles. The lowest BCUT2D eigenvalue weighted by molar-refractivity contribution is -0.142. The van der Waals surface area contributed by atoms with Gasteiger partial charge in [0, 0.05) is 0 Å². The molecule has 1 aliphatic heterocycles. The van der Waals surface area contributed by atoms with Crippen LogP contribution < -0.4 is 10.6 Å². The Labute approximate surface area is 166 Å². The van der Waals surface area contributed by atoms with Gasteiger partial charge in [0.15, 0.2) is 0 Å². The minimum Gasteiger partial charge on any atom is -0.481 e. The van der Waals surface area contributed by atoms with Gasteiger partial charge in [0.25, 0.3) is 0 Å². The molecule has 0 radical (unpaired) electrons. The number of benzene rings is 2. The maximum absolute atomic E-state index is 11.8. The predicted octanol–water partition coefficient (Wildman–Crippen LogP) is 5.67. The molecule has 0 spiro atoms. The van der Waals surface area contributed by atoms with Gasteiger partial charge in [0.1, 0.15) is 0 Å². The van der Waals surface area contributed by atoms with E-state index in [1.54, 1.807) is 4.90 Å². The van der Waals surface area contributed by atoms with E-state index in [2.05, 4.69) is 0 Å². The molecule has 0 saturated carbocycles. The molecule has 1 heterocycles. The van der Waals surface area contributed by atoms with Crippen LogP contribution in [0, 0.1) is 5.92 Å². The molecule has 0 unspecified atom stereocenters. The first-order chi connectivity index (χ1) is 13.5. The van der Waals surface area contributed by atoms with Crippen LogP contribution in [0.3, 0.4) is 0 Å². The topological polar surface area (TPSA) is 83.6 Å². The first-order valence-electron chi connectivity index (χ1n) is 9.68. The summed E-state index contributed by atoms with van der Waals surface area (Å²) in [4.78, 5) is 23.8. The number of primary amides is 1. The SMILES string of the molecule is CCCC(CCC)C(=O)O.NC(=O)N1c2ccccc2C=Cc2ccccc21. The second kappa shape index (κ2) is 10.3. The van der Waals surface area contributed by atoms with E-state index in [9.17, 15) is 9.59 Å². The first-order valence-corrected chi connectivity index (χ1v) is 9.68. The monoisotopic (exact) mass is 380 g/mol. The van der Waals surface area contributed by atoms with Crippen molar-refractivity contribution in [1.29, 1.82) is 0 Å². The summed E-state index contributed by atoms with van der Waals surface area (Å²) in [6.45, 7) is 4.04. The van der Waals surface area contributed by atoms with Crippen molar-refractivity contribution in [3.63, 3.8) is 0 Å². The van der Waals surface area contributed by atoms with Gasteiger partial charge in [-0.25, -0.2) is 4.79 Å². The number of nitrogens with two attached hydrogens (primary N) is 1. The van der Waals surface area contributed by atoms with Crippen molar-refractivity contribution in [1.82, 2.24) is 0 Å². The number of fused-ring (bicyclic) bond motifs is 2. The van der Waals surface area contributed by atoms with Gasteiger partial charge in [0.05, 0.1) is 17.3 Å². The summed E-state index contributed by atoms with van der Waals surface area (Å²) in [5.74, 6) is -0.737.